The van der Waals surface area contributed by atoms with Crippen molar-refractivity contribution in [3.8, 4) is 0 Å². The minimum absolute atomic E-state index is 0.105. The van der Waals surface area contributed by atoms with Gasteiger partial charge in [-0.25, -0.2) is 0 Å². The molecule has 51 heavy (non-hydrogen) atoms. The lowest BCUT2D eigenvalue weighted by atomic mass is 9.57. The molecule has 0 N–H and O–H groups in total. The van der Waals surface area contributed by atoms with E-state index in [9.17, 15) is 0 Å². The Morgan fingerprint density at radius 1 is 0.745 bits per heavy atom. The summed E-state index contributed by atoms with van der Waals surface area (Å²) in [4.78, 5) is 2.85. The van der Waals surface area contributed by atoms with Crippen molar-refractivity contribution in [3.63, 3.8) is 0 Å². The summed E-state index contributed by atoms with van der Waals surface area (Å²) < 4.78 is 0. The van der Waals surface area contributed by atoms with E-state index in [1.54, 1.807) is 28.0 Å². The standard InChI is InChI=1S/C50H53N/c1-34-32-41(33-48-49(34)44-20-10-13-23-47(44)50(48)45-21-11-8-18-42(45)43-19-9-12-22-46(43)50)51(39-28-24-37(25-29-39)35-14-4-2-5-15-35)40-30-26-38(27-31-40)36-16-6-3-7-17-36/h2-6,8,10,12-15,18,20,22-24,26-28,30,32,34,36,40,43,46,48-49H,7,9,11,16-17,19,21,25,29,31,33H2,1H3. The molecule has 0 amide bonds. The zero-order chi connectivity index (χ0) is 33.9. The van der Waals surface area contributed by atoms with Crippen LogP contribution in [0.3, 0.4) is 0 Å². The molecule has 8 atom stereocenters. The van der Waals surface area contributed by atoms with E-state index in [1.165, 1.54) is 61.8 Å². The fraction of sp³-hybridized carbons (Fsp3) is 0.400. The van der Waals surface area contributed by atoms with E-state index in [0.717, 1.165) is 25.7 Å². The van der Waals surface area contributed by atoms with E-state index >= 15 is 0 Å². The molecule has 2 aromatic rings. The van der Waals surface area contributed by atoms with Gasteiger partial charge in [0.1, 0.15) is 0 Å². The molecule has 10 rings (SSSR count). The molecule has 0 bridgehead atoms. The third-order valence-electron chi connectivity index (χ3n) is 14.4. The molecule has 0 aliphatic heterocycles. The van der Waals surface area contributed by atoms with E-state index in [2.05, 4.69) is 139 Å². The lowest BCUT2D eigenvalue weighted by Crippen LogP contribution is -2.45. The summed E-state index contributed by atoms with van der Waals surface area (Å²) in [6.07, 6.45) is 43.5. The van der Waals surface area contributed by atoms with Gasteiger partial charge in [-0.05, 0) is 146 Å². The molecule has 258 valence electrons. The minimum Gasteiger partial charge on any atom is -0.342 e. The van der Waals surface area contributed by atoms with Crippen molar-refractivity contribution in [2.24, 2.45) is 29.6 Å². The molecule has 0 fully saturated rings. The zero-order valence-corrected chi connectivity index (χ0v) is 30.4. The molecule has 1 nitrogen and oxygen atoms in total. The van der Waals surface area contributed by atoms with Gasteiger partial charge in [-0.2, -0.15) is 0 Å². The molecule has 2 aromatic carbocycles. The third kappa shape index (κ3) is 5.01. The van der Waals surface area contributed by atoms with Gasteiger partial charge in [-0.3, -0.25) is 0 Å². The number of benzene rings is 2. The molecular formula is C50H53N. The highest BCUT2D eigenvalue weighted by molar-refractivity contribution is 5.69. The lowest BCUT2D eigenvalue weighted by molar-refractivity contribution is 0.170. The highest BCUT2D eigenvalue weighted by atomic mass is 15.2. The summed E-state index contributed by atoms with van der Waals surface area (Å²) in [5.74, 6) is 3.56. The normalized spacial score (nSPS) is 34.6. The Morgan fingerprint density at radius 3 is 2.45 bits per heavy atom. The predicted octanol–water partition coefficient (Wildman–Crippen LogP) is 12.5. The summed E-state index contributed by atoms with van der Waals surface area (Å²) in [6.45, 7) is 2.55. The van der Waals surface area contributed by atoms with Gasteiger partial charge in [0.2, 0.25) is 0 Å². The van der Waals surface area contributed by atoms with Gasteiger partial charge in [-0.15, -0.1) is 0 Å². The second kappa shape index (κ2) is 12.8. The maximum Gasteiger partial charge on any atom is 0.0553 e. The van der Waals surface area contributed by atoms with Gasteiger partial charge in [0.25, 0.3) is 0 Å². The van der Waals surface area contributed by atoms with E-state index in [0.29, 0.717) is 41.5 Å². The Morgan fingerprint density at radius 2 is 1.63 bits per heavy atom. The molecule has 8 unspecified atom stereocenters. The number of rotatable bonds is 5. The van der Waals surface area contributed by atoms with E-state index in [-0.39, 0.29) is 5.41 Å². The largest absolute Gasteiger partial charge is 0.342 e. The van der Waals surface area contributed by atoms with Crippen molar-refractivity contribution in [3.05, 3.63) is 172 Å². The van der Waals surface area contributed by atoms with Crippen LogP contribution in [-0.4, -0.2) is 10.9 Å². The Hall–Kier alpha value is -4.10. The first-order valence-electron chi connectivity index (χ1n) is 20.4. The highest BCUT2D eigenvalue weighted by Crippen LogP contribution is 2.70. The van der Waals surface area contributed by atoms with Gasteiger partial charge in [0.15, 0.2) is 0 Å². The van der Waals surface area contributed by atoms with Crippen molar-refractivity contribution < 1.29 is 0 Å². The Kier molecular flexibility index (Phi) is 7.96. The SMILES string of the molecule is CC1C=C(N(C2=CC=C(c3ccccc3)CC2)C2C=CC(C3CC=CCC3)=CC2)CC2C1c1ccccc1C21C2=C(C=CCC2)C2CCC=CC21. The summed E-state index contributed by atoms with van der Waals surface area (Å²) in [7, 11) is 0. The van der Waals surface area contributed by atoms with Crippen LogP contribution in [0.5, 0.6) is 0 Å². The van der Waals surface area contributed by atoms with Crippen molar-refractivity contribution in [1.29, 1.82) is 0 Å². The van der Waals surface area contributed by atoms with Crippen molar-refractivity contribution in [2.45, 2.75) is 94.9 Å². The van der Waals surface area contributed by atoms with Gasteiger partial charge >= 0.3 is 0 Å². The molecular weight excluding hydrogens is 615 g/mol. The Balaban J connectivity index is 1.07. The molecule has 1 heteroatoms. The molecule has 0 saturated heterocycles. The predicted molar refractivity (Wildman–Crippen MR) is 213 cm³/mol. The fourth-order valence-electron chi connectivity index (χ4n) is 12.4. The summed E-state index contributed by atoms with van der Waals surface area (Å²) in [5.41, 5.74) is 14.4. The maximum absolute atomic E-state index is 2.85. The van der Waals surface area contributed by atoms with Crippen molar-refractivity contribution in [2.75, 3.05) is 0 Å². The topological polar surface area (TPSA) is 3.24 Å². The first kappa shape index (κ1) is 31.6. The Bertz CT molecular complexity index is 1990. The van der Waals surface area contributed by atoms with Crippen LogP contribution in [0.2, 0.25) is 0 Å². The van der Waals surface area contributed by atoms with Crippen molar-refractivity contribution >= 4 is 5.57 Å². The van der Waals surface area contributed by atoms with E-state index < -0.39 is 0 Å². The van der Waals surface area contributed by atoms with Gasteiger partial charge in [0.05, 0.1) is 6.04 Å². The first-order valence-corrected chi connectivity index (χ1v) is 20.4. The molecule has 8 aliphatic carbocycles. The van der Waals surface area contributed by atoms with Crippen molar-refractivity contribution in [1.82, 2.24) is 4.90 Å². The van der Waals surface area contributed by atoms with Gasteiger partial charge < -0.3 is 4.90 Å². The number of allylic oxidation sites excluding steroid dienone is 16. The fourth-order valence-corrected chi connectivity index (χ4v) is 12.4. The van der Waals surface area contributed by atoms with Crippen LogP contribution >= 0.6 is 0 Å². The minimum atomic E-state index is 0.105. The highest BCUT2D eigenvalue weighted by Gasteiger charge is 2.64. The molecule has 0 radical (unpaired) electrons. The Labute approximate surface area is 306 Å². The van der Waals surface area contributed by atoms with Crippen LogP contribution in [0.4, 0.5) is 0 Å². The molecule has 8 aliphatic rings. The maximum atomic E-state index is 2.85. The van der Waals surface area contributed by atoms with Crippen LogP contribution in [0.15, 0.2) is 156 Å². The lowest BCUT2D eigenvalue weighted by Gasteiger charge is -2.49. The third-order valence-corrected chi connectivity index (χ3v) is 14.4. The summed E-state index contributed by atoms with van der Waals surface area (Å²) in [5, 5.41) is 0. The molecule has 0 aromatic heterocycles. The monoisotopic (exact) mass is 667 g/mol. The van der Waals surface area contributed by atoms with Crippen LogP contribution in [0, 0.1) is 29.6 Å². The smallest absolute Gasteiger partial charge is 0.0553 e. The zero-order valence-electron chi connectivity index (χ0n) is 30.4. The van der Waals surface area contributed by atoms with Crippen LogP contribution in [0.1, 0.15) is 100 Å². The average Bonchev–Trinajstić information content (AvgIpc) is 3.67. The van der Waals surface area contributed by atoms with Crippen LogP contribution in [0.25, 0.3) is 5.57 Å². The molecule has 1 spiro atoms. The van der Waals surface area contributed by atoms with E-state index in [4.69, 9.17) is 0 Å². The van der Waals surface area contributed by atoms with Gasteiger partial charge in [0, 0.05) is 16.8 Å². The average molecular weight is 668 g/mol. The second-order valence-corrected chi connectivity index (χ2v) is 16.8. The summed E-state index contributed by atoms with van der Waals surface area (Å²) in [6, 6.07) is 21.2. The first-order chi connectivity index (χ1) is 25.2. The number of hydrogen-bond acceptors (Lipinski definition) is 1. The quantitative estimate of drug-likeness (QED) is 0.287. The molecule has 0 heterocycles. The summed E-state index contributed by atoms with van der Waals surface area (Å²) >= 11 is 0. The van der Waals surface area contributed by atoms with Crippen LogP contribution in [-0.2, 0) is 5.41 Å². The van der Waals surface area contributed by atoms with Crippen LogP contribution < -0.4 is 0 Å². The number of nitrogens with zero attached hydrogens (tertiary/aromatic N) is 1. The second-order valence-electron chi connectivity index (χ2n) is 16.8. The van der Waals surface area contributed by atoms with Gasteiger partial charge in [-0.1, -0.05) is 134 Å². The molecule has 0 saturated carbocycles. The number of fused-ring (bicyclic) bond motifs is 9. The number of hydrogen-bond donors (Lipinski definition) is 0. The van der Waals surface area contributed by atoms with E-state index in [1.807, 2.05) is 5.57 Å².